The second-order valence-electron chi connectivity index (χ2n) is 11.4. The van der Waals surface area contributed by atoms with Gasteiger partial charge in [-0.3, -0.25) is 9.32 Å². The van der Waals surface area contributed by atoms with Crippen LogP contribution in [0.15, 0.2) is 48.8 Å². The van der Waals surface area contributed by atoms with E-state index >= 15 is 0 Å². The molecule has 3 aromatic rings. The zero-order valence-electron chi connectivity index (χ0n) is 24.4. The molecule has 0 amide bonds. The van der Waals surface area contributed by atoms with Crippen LogP contribution in [-0.2, 0) is 28.1 Å². The van der Waals surface area contributed by atoms with E-state index < -0.39 is 62.0 Å². The van der Waals surface area contributed by atoms with Gasteiger partial charge >= 0.3 is 13.7 Å². The second-order valence-corrected chi connectivity index (χ2v) is 13.1. The summed E-state index contributed by atoms with van der Waals surface area (Å²) >= 11 is 0. The van der Waals surface area contributed by atoms with Crippen molar-refractivity contribution in [1.82, 2.24) is 19.7 Å². The molecule has 2 aromatic heterocycles. The van der Waals surface area contributed by atoms with E-state index in [1.54, 1.807) is 30.3 Å². The summed E-state index contributed by atoms with van der Waals surface area (Å²) in [5.74, 6) is -0.381. The molecule has 7 atom stereocenters. The number of aliphatic hydroxyl groups excluding tert-OH is 2. The van der Waals surface area contributed by atoms with Gasteiger partial charge in [-0.05, 0) is 45.0 Å². The Kier molecular flexibility index (Phi) is 8.97. The van der Waals surface area contributed by atoms with Gasteiger partial charge < -0.3 is 34.7 Å². The highest BCUT2D eigenvalue weighted by atomic mass is 31.2. The van der Waals surface area contributed by atoms with E-state index in [0.717, 1.165) is 0 Å². The number of rotatable bonds is 10. The molecule has 0 bridgehead atoms. The maximum atomic E-state index is 14.1. The SMILES string of the molecule is C[C@H](NP(=O)(OC[C@@]1(C#N)O[C@@H](c2ccc3c(N)ncnn23)[C@H](O)[C@@H]1O)Oc1ccccc1)C(=O)OC1CCOC(C)(C)C1. The van der Waals surface area contributed by atoms with Crippen molar-refractivity contribution in [2.24, 2.45) is 0 Å². The number of benzene rings is 1. The number of hydrogen-bond donors (Lipinski definition) is 4. The standard InChI is InChI=1S/C28H35N6O9P/c1-17(26(37)41-19-11-12-39-27(2,3)13-19)33-44(38,43-18-7-5-4-6-8-18)40-15-28(14-29)24(36)22(35)23(42-28)20-9-10-21-25(30)31-16-32-34(20)21/h4-10,16-17,19,22-24,35-36H,11-13,15H2,1-3H3,(H,33,38)(H2,30,31,32)/t17-,19?,22-,23-,24-,28+,44?/m0/s1. The Labute approximate surface area is 253 Å². The highest BCUT2D eigenvalue weighted by Gasteiger charge is 2.57. The summed E-state index contributed by atoms with van der Waals surface area (Å²) in [5.41, 5.74) is 3.96. The van der Waals surface area contributed by atoms with Crippen LogP contribution in [0, 0.1) is 11.3 Å². The molecule has 1 aromatic carbocycles. The van der Waals surface area contributed by atoms with E-state index in [0.29, 0.717) is 25.0 Å². The van der Waals surface area contributed by atoms with Crippen LogP contribution < -0.4 is 15.3 Å². The van der Waals surface area contributed by atoms with Crippen molar-refractivity contribution in [2.45, 2.75) is 75.3 Å². The molecular weight excluding hydrogens is 595 g/mol. The number of nitrogens with zero attached hydrogens (tertiary/aromatic N) is 4. The van der Waals surface area contributed by atoms with Crippen molar-refractivity contribution >= 4 is 25.1 Å². The third-order valence-corrected chi connectivity index (χ3v) is 9.12. The first-order chi connectivity index (χ1) is 20.9. The zero-order valence-corrected chi connectivity index (χ0v) is 25.3. The number of hydrogen-bond acceptors (Lipinski definition) is 13. The lowest BCUT2D eigenvalue weighted by Gasteiger charge is -2.35. The van der Waals surface area contributed by atoms with Crippen LogP contribution in [0.5, 0.6) is 5.75 Å². The van der Waals surface area contributed by atoms with E-state index in [9.17, 15) is 24.8 Å². The van der Waals surface area contributed by atoms with Crippen LogP contribution in [0.25, 0.3) is 5.52 Å². The number of aromatic nitrogens is 3. The third kappa shape index (κ3) is 6.57. The van der Waals surface area contributed by atoms with E-state index in [1.165, 1.54) is 29.9 Å². The van der Waals surface area contributed by atoms with Gasteiger partial charge in [0.05, 0.1) is 17.9 Å². The fourth-order valence-corrected chi connectivity index (χ4v) is 6.72. The predicted octanol–water partition coefficient (Wildman–Crippen LogP) is 2.05. The maximum absolute atomic E-state index is 14.1. The van der Waals surface area contributed by atoms with Crippen molar-refractivity contribution in [3.05, 3.63) is 54.5 Å². The Hall–Kier alpha value is -3.61. The lowest BCUT2D eigenvalue weighted by molar-refractivity contribution is -0.163. The van der Waals surface area contributed by atoms with Crippen LogP contribution >= 0.6 is 7.75 Å². The number of carbonyl (C=O) groups is 1. The second kappa shape index (κ2) is 12.4. The smallest absolute Gasteiger partial charge is 0.459 e. The Morgan fingerprint density at radius 3 is 2.75 bits per heavy atom. The molecule has 16 heteroatoms. The molecule has 2 fully saturated rings. The van der Waals surface area contributed by atoms with Crippen LogP contribution in [-0.4, -0.2) is 79.6 Å². The molecule has 44 heavy (non-hydrogen) atoms. The number of nitrogen functional groups attached to an aromatic ring is 1. The molecular formula is C28H35N6O9P. The Balaban J connectivity index is 1.34. The molecule has 0 spiro atoms. The summed E-state index contributed by atoms with van der Waals surface area (Å²) in [6.45, 7) is 4.85. The minimum Gasteiger partial charge on any atom is -0.461 e. The fraction of sp³-hybridized carbons (Fsp3) is 0.500. The number of anilines is 1. The quantitative estimate of drug-likeness (QED) is 0.187. The van der Waals surface area contributed by atoms with Crippen molar-refractivity contribution in [3.8, 4) is 11.8 Å². The fourth-order valence-electron chi connectivity index (χ4n) is 5.20. The molecule has 2 aliphatic heterocycles. The number of nitrogens with two attached hydrogens (primary N) is 1. The van der Waals surface area contributed by atoms with Crippen molar-refractivity contribution in [2.75, 3.05) is 18.9 Å². The molecule has 15 nitrogen and oxygen atoms in total. The molecule has 236 valence electrons. The Bertz CT molecular complexity index is 1580. The number of ether oxygens (including phenoxy) is 3. The van der Waals surface area contributed by atoms with Gasteiger partial charge in [-0.15, -0.1) is 0 Å². The normalized spacial score (nSPS) is 28.5. The molecule has 0 saturated carbocycles. The summed E-state index contributed by atoms with van der Waals surface area (Å²) in [5, 5.41) is 38.8. The number of nitrogens with one attached hydrogen (secondary N) is 1. The molecule has 2 aliphatic rings. The summed E-state index contributed by atoms with van der Waals surface area (Å²) in [6.07, 6.45) is -2.85. The van der Waals surface area contributed by atoms with Gasteiger partial charge in [0.15, 0.2) is 5.82 Å². The number of carbonyl (C=O) groups excluding carboxylic acids is 1. The number of para-hydroxylation sites is 1. The summed E-state index contributed by atoms with van der Waals surface area (Å²) in [7, 11) is -4.45. The first-order valence-corrected chi connectivity index (χ1v) is 15.5. The number of esters is 1. The van der Waals surface area contributed by atoms with Crippen molar-refractivity contribution in [1.29, 1.82) is 5.26 Å². The third-order valence-electron chi connectivity index (χ3n) is 7.50. The first kappa shape index (κ1) is 31.8. The van der Waals surface area contributed by atoms with Gasteiger partial charge in [-0.1, -0.05) is 18.2 Å². The van der Waals surface area contributed by atoms with Gasteiger partial charge in [-0.2, -0.15) is 15.4 Å². The Morgan fingerprint density at radius 2 is 2.05 bits per heavy atom. The summed E-state index contributed by atoms with van der Waals surface area (Å²) in [4.78, 5) is 16.9. The van der Waals surface area contributed by atoms with Gasteiger partial charge in [0.25, 0.3) is 0 Å². The van der Waals surface area contributed by atoms with E-state index in [2.05, 4.69) is 15.2 Å². The monoisotopic (exact) mass is 630 g/mol. The maximum Gasteiger partial charge on any atom is 0.459 e. The summed E-state index contributed by atoms with van der Waals surface area (Å²) < 4.78 is 44.1. The molecule has 5 N–H and O–H groups in total. The zero-order chi connectivity index (χ0) is 31.7. The largest absolute Gasteiger partial charge is 0.461 e. The van der Waals surface area contributed by atoms with Gasteiger partial charge in [0.1, 0.15) is 60.7 Å². The minimum atomic E-state index is -4.45. The van der Waals surface area contributed by atoms with E-state index in [-0.39, 0.29) is 17.3 Å². The molecule has 5 rings (SSSR count). The number of fused-ring (bicyclic) bond motifs is 1. The number of nitriles is 1. The minimum absolute atomic E-state index is 0.142. The highest BCUT2D eigenvalue weighted by Crippen LogP contribution is 2.48. The Morgan fingerprint density at radius 1 is 1.30 bits per heavy atom. The number of aliphatic hydroxyl groups is 2. The topological polar surface area (TPSA) is 213 Å². The summed E-state index contributed by atoms with van der Waals surface area (Å²) in [6, 6.07) is 11.9. The van der Waals surface area contributed by atoms with Crippen molar-refractivity contribution < 1.29 is 42.8 Å². The molecule has 0 aliphatic carbocycles. The average molecular weight is 631 g/mol. The molecule has 4 heterocycles. The van der Waals surface area contributed by atoms with Gasteiger partial charge in [0, 0.05) is 12.8 Å². The van der Waals surface area contributed by atoms with Gasteiger partial charge in [0.2, 0.25) is 5.60 Å². The molecule has 2 unspecified atom stereocenters. The van der Waals surface area contributed by atoms with E-state index in [4.69, 9.17) is 29.0 Å². The van der Waals surface area contributed by atoms with Crippen LogP contribution in [0.4, 0.5) is 5.82 Å². The molecule has 2 saturated heterocycles. The van der Waals surface area contributed by atoms with Gasteiger partial charge in [-0.25, -0.2) is 14.1 Å². The first-order valence-electron chi connectivity index (χ1n) is 14.0. The lowest BCUT2D eigenvalue weighted by Crippen LogP contribution is -2.46. The predicted molar refractivity (Wildman–Crippen MR) is 154 cm³/mol. The van der Waals surface area contributed by atoms with Crippen LogP contribution in [0.2, 0.25) is 0 Å². The highest BCUT2D eigenvalue weighted by molar-refractivity contribution is 7.52. The lowest BCUT2D eigenvalue weighted by atomic mass is 9.96. The van der Waals surface area contributed by atoms with Crippen LogP contribution in [0.1, 0.15) is 45.4 Å². The van der Waals surface area contributed by atoms with Crippen molar-refractivity contribution in [3.63, 3.8) is 0 Å². The van der Waals surface area contributed by atoms with Crippen LogP contribution in [0.3, 0.4) is 0 Å². The average Bonchev–Trinajstić information content (AvgIpc) is 3.52. The molecule has 0 radical (unpaired) electrons. The van der Waals surface area contributed by atoms with E-state index in [1.807, 2.05) is 19.9 Å².